The Hall–Kier alpha value is -3.06. The monoisotopic (exact) mass is 382 g/mol. The predicted molar refractivity (Wildman–Crippen MR) is 106 cm³/mol. The van der Waals surface area contributed by atoms with Crippen molar-refractivity contribution in [3.05, 3.63) is 64.1 Å². The van der Waals surface area contributed by atoms with E-state index < -0.39 is 12.6 Å². The number of nitrogens with zero attached hydrogens (tertiary/aromatic N) is 1. The summed E-state index contributed by atoms with van der Waals surface area (Å²) in [5.41, 5.74) is 3.86. The van der Waals surface area contributed by atoms with Crippen LogP contribution in [0.4, 0.5) is 5.69 Å². The lowest BCUT2D eigenvalue weighted by atomic mass is 10.1. The molecule has 1 saturated heterocycles. The zero-order valence-electron chi connectivity index (χ0n) is 14.9. The Bertz CT molecular complexity index is 949. The number of aliphatic carboxylic acids is 1. The van der Waals surface area contributed by atoms with E-state index in [0.717, 1.165) is 22.4 Å². The molecule has 0 unspecified atom stereocenters. The zero-order valence-corrected chi connectivity index (χ0v) is 15.7. The second-order valence-electron chi connectivity index (χ2n) is 5.95. The van der Waals surface area contributed by atoms with Crippen LogP contribution in [-0.2, 0) is 9.59 Å². The van der Waals surface area contributed by atoms with E-state index in [-0.39, 0.29) is 5.91 Å². The van der Waals surface area contributed by atoms with Crippen molar-refractivity contribution in [2.45, 2.75) is 13.8 Å². The molecule has 1 amide bonds. The first-order chi connectivity index (χ1) is 12.9. The van der Waals surface area contributed by atoms with Crippen LogP contribution in [0.15, 0.2) is 52.4 Å². The first kappa shape index (κ1) is 18.7. The molecule has 1 heterocycles. The number of carboxylic acid groups (broad SMARTS) is 1. The summed E-state index contributed by atoms with van der Waals surface area (Å²) in [6, 6.07) is 12.7. The first-order valence-corrected chi connectivity index (χ1v) is 9.04. The minimum Gasteiger partial charge on any atom is -0.482 e. The van der Waals surface area contributed by atoms with Crippen LogP contribution in [0.2, 0.25) is 0 Å². The molecule has 138 valence electrons. The number of aryl methyl sites for hydroxylation is 1. The van der Waals surface area contributed by atoms with Gasteiger partial charge >= 0.3 is 5.97 Å². The molecule has 0 atom stereocenters. The van der Waals surface area contributed by atoms with Gasteiger partial charge in [0.1, 0.15) is 5.75 Å². The van der Waals surface area contributed by atoms with E-state index in [1.54, 1.807) is 30.3 Å². The second kappa shape index (κ2) is 8.09. The van der Waals surface area contributed by atoms with Gasteiger partial charge in [0, 0.05) is 0 Å². The molecule has 1 fully saturated rings. The van der Waals surface area contributed by atoms with Gasteiger partial charge in [-0.15, -0.1) is 0 Å². The number of amides is 1. The van der Waals surface area contributed by atoms with Gasteiger partial charge in [0.25, 0.3) is 5.91 Å². The fraction of sp³-hybridized carbons (Fsp3) is 0.150. The minimum absolute atomic E-state index is 0.199. The summed E-state index contributed by atoms with van der Waals surface area (Å²) in [7, 11) is 0. The summed E-state index contributed by atoms with van der Waals surface area (Å²) >= 11 is 1.28. The van der Waals surface area contributed by atoms with Gasteiger partial charge in [-0.05, 0) is 66.6 Å². The van der Waals surface area contributed by atoms with Gasteiger partial charge in [0.15, 0.2) is 11.8 Å². The third kappa shape index (κ3) is 4.77. The maximum Gasteiger partial charge on any atom is 0.341 e. The smallest absolute Gasteiger partial charge is 0.341 e. The highest BCUT2D eigenvalue weighted by atomic mass is 32.2. The molecule has 2 N–H and O–H groups in total. The van der Waals surface area contributed by atoms with Gasteiger partial charge < -0.3 is 15.2 Å². The molecule has 1 aliphatic heterocycles. The SMILES string of the molecule is Cc1cccc(N=C2NC(=O)/C(=C/c3ccc(OCC(=O)O)cc3)S2)c1C. The van der Waals surface area contributed by atoms with Crippen molar-refractivity contribution in [1.29, 1.82) is 0 Å². The summed E-state index contributed by atoms with van der Waals surface area (Å²) in [6.07, 6.45) is 1.76. The number of hydrogen-bond donors (Lipinski definition) is 2. The quantitative estimate of drug-likeness (QED) is 0.771. The number of nitrogens with one attached hydrogen (secondary N) is 1. The average Bonchev–Trinajstić information content (AvgIpc) is 2.97. The van der Waals surface area contributed by atoms with Crippen molar-refractivity contribution in [3.8, 4) is 5.75 Å². The predicted octanol–water partition coefficient (Wildman–Crippen LogP) is 3.66. The highest BCUT2D eigenvalue weighted by Crippen LogP contribution is 2.30. The summed E-state index contributed by atoms with van der Waals surface area (Å²) in [5, 5.41) is 11.9. The highest BCUT2D eigenvalue weighted by Gasteiger charge is 2.24. The standard InChI is InChI=1S/C20H18N2O4S/c1-12-4-3-5-16(13(12)2)21-20-22-19(25)17(27-20)10-14-6-8-15(9-7-14)26-11-18(23)24/h3-10H,11H2,1-2H3,(H,23,24)(H,21,22,25)/b17-10-. The summed E-state index contributed by atoms with van der Waals surface area (Å²) in [5.74, 6) is -0.772. The Morgan fingerprint density at radius 2 is 1.96 bits per heavy atom. The van der Waals surface area contributed by atoms with Crippen LogP contribution in [0.3, 0.4) is 0 Å². The number of rotatable bonds is 5. The Morgan fingerprint density at radius 1 is 1.22 bits per heavy atom. The Labute approximate surface area is 161 Å². The summed E-state index contributed by atoms with van der Waals surface area (Å²) in [6.45, 7) is 3.63. The maximum atomic E-state index is 12.2. The third-order valence-electron chi connectivity index (χ3n) is 3.99. The van der Waals surface area contributed by atoms with E-state index in [0.29, 0.717) is 15.8 Å². The van der Waals surface area contributed by atoms with E-state index in [4.69, 9.17) is 9.84 Å². The summed E-state index contributed by atoms with van der Waals surface area (Å²) < 4.78 is 5.09. The van der Waals surface area contributed by atoms with Crippen molar-refractivity contribution >= 4 is 40.6 Å². The van der Waals surface area contributed by atoms with Gasteiger partial charge in [0.05, 0.1) is 10.6 Å². The molecule has 0 aromatic heterocycles. The van der Waals surface area contributed by atoms with E-state index >= 15 is 0 Å². The second-order valence-corrected chi connectivity index (χ2v) is 6.98. The molecule has 0 spiro atoms. The Morgan fingerprint density at radius 3 is 2.67 bits per heavy atom. The van der Waals surface area contributed by atoms with Crippen LogP contribution in [0.25, 0.3) is 6.08 Å². The highest BCUT2D eigenvalue weighted by molar-refractivity contribution is 8.18. The number of carbonyl (C=O) groups excluding carboxylic acids is 1. The molecule has 6 nitrogen and oxygen atoms in total. The Balaban J connectivity index is 1.74. The molecule has 7 heteroatoms. The van der Waals surface area contributed by atoms with E-state index in [1.165, 1.54) is 11.8 Å². The largest absolute Gasteiger partial charge is 0.482 e. The molecule has 27 heavy (non-hydrogen) atoms. The number of carboxylic acids is 1. The van der Waals surface area contributed by atoms with Gasteiger partial charge in [-0.3, -0.25) is 4.79 Å². The van der Waals surface area contributed by atoms with E-state index in [9.17, 15) is 9.59 Å². The number of hydrogen-bond acceptors (Lipinski definition) is 5. The van der Waals surface area contributed by atoms with Crippen molar-refractivity contribution < 1.29 is 19.4 Å². The average molecular weight is 382 g/mol. The molecule has 0 aliphatic carbocycles. The normalized spacial score (nSPS) is 16.6. The molecule has 0 bridgehead atoms. The fourth-order valence-electron chi connectivity index (χ4n) is 2.40. The van der Waals surface area contributed by atoms with Crippen LogP contribution in [0, 0.1) is 13.8 Å². The van der Waals surface area contributed by atoms with E-state index in [2.05, 4.69) is 10.3 Å². The van der Waals surface area contributed by atoms with Crippen LogP contribution in [0.1, 0.15) is 16.7 Å². The van der Waals surface area contributed by atoms with Crippen LogP contribution in [0.5, 0.6) is 5.75 Å². The topological polar surface area (TPSA) is 88.0 Å². The molecule has 2 aromatic carbocycles. The van der Waals surface area contributed by atoms with Crippen LogP contribution < -0.4 is 10.1 Å². The fourth-order valence-corrected chi connectivity index (χ4v) is 3.24. The van der Waals surface area contributed by atoms with Gasteiger partial charge in [-0.1, -0.05) is 24.3 Å². The number of ether oxygens (including phenoxy) is 1. The lowest BCUT2D eigenvalue weighted by Gasteiger charge is -2.04. The Kier molecular flexibility index (Phi) is 5.61. The van der Waals surface area contributed by atoms with Gasteiger partial charge in [-0.25, -0.2) is 9.79 Å². The number of carbonyl (C=O) groups is 2. The molecule has 2 aromatic rings. The molecule has 0 radical (unpaired) electrons. The van der Waals surface area contributed by atoms with Crippen LogP contribution >= 0.6 is 11.8 Å². The first-order valence-electron chi connectivity index (χ1n) is 8.23. The van der Waals surface area contributed by atoms with Crippen molar-refractivity contribution in [2.75, 3.05) is 6.61 Å². The van der Waals surface area contributed by atoms with Crippen molar-refractivity contribution in [3.63, 3.8) is 0 Å². The lowest BCUT2D eigenvalue weighted by molar-refractivity contribution is -0.139. The zero-order chi connectivity index (χ0) is 19.4. The molecular weight excluding hydrogens is 364 g/mol. The minimum atomic E-state index is -1.03. The number of thioether (sulfide) groups is 1. The summed E-state index contributed by atoms with van der Waals surface area (Å²) in [4.78, 5) is 27.8. The third-order valence-corrected chi connectivity index (χ3v) is 4.90. The molecule has 0 saturated carbocycles. The van der Waals surface area contributed by atoms with Crippen LogP contribution in [-0.4, -0.2) is 28.8 Å². The van der Waals surface area contributed by atoms with Gasteiger partial charge in [-0.2, -0.15) is 0 Å². The lowest BCUT2D eigenvalue weighted by Crippen LogP contribution is -2.19. The van der Waals surface area contributed by atoms with Crippen molar-refractivity contribution in [2.24, 2.45) is 4.99 Å². The molecule has 3 rings (SSSR count). The molecule has 1 aliphatic rings. The van der Waals surface area contributed by atoms with E-state index in [1.807, 2.05) is 32.0 Å². The van der Waals surface area contributed by atoms with Gasteiger partial charge in [0.2, 0.25) is 0 Å². The number of amidine groups is 1. The van der Waals surface area contributed by atoms with Crippen molar-refractivity contribution in [1.82, 2.24) is 5.32 Å². The maximum absolute atomic E-state index is 12.2. The molecular formula is C20H18N2O4S. The number of aliphatic imine (C=N–C) groups is 1. The number of benzene rings is 2.